The number of nitrogens with one attached hydrogen (secondary N) is 2. The summed E-state index contributed by atoms with van der Waals surface area (Å²) in [5.74, 6) is 2.86. The van der Waals surface area contributed by atoms with Crippen LogP contribution in [0.25, 0.3) is 10.7 Å². The Labute approximate surface area is 166 Å². The molecule has 0 radical (unpaired) electrons. The molecule has 1 aromatic carbocycles. The molecule has 0 aliphatic heterocycles. The Kier molecular flexibility index (Phi) is 6.54. The van der Waals surface area contributed by atoms with Gasteiger partial charge in [0, 0.05) is 12.8 Å². The fraction of sp³-hybridized carbons (Fsp3) is 0.200. The molecule has 0 unspecified atom stereocenters. The first-order valence-electron chi connectivity index (χ1n) is 8.64. The van der Waals surface area contributed by atoms with Crippen molar-refractivity contribution in [1.29, 1.82) is 0 Å². The van der Waals surface area contributed by atoms with Gasteiger partial charge in [0.15, 0.2) is 0 Å². The molecular weight excluding hydrogens is 376 g/mol. The van der Waals surface area contributed by atoms with E-state index < -0.39 is 0 Å². The molecule has 2 heterocycles. The van der Waals surface area contributed by atoms with E-state index in [-0.39, 0.29) is 24.8 Å². The Balaban J connectivity index is 1.51. The molecule has 142 valence electrons. The topological polar surface area (TPSA) is 97.1 Å². The van der Waals surface area contributed by atoms with Crippen LogP contribution in [0.5, 0.6) is 0 Å². The summed E-state index contributed by atoms with van der Waals surface area (Å²) < 4.78 is 5.22. The van der Waals surface area contributed by atoms with Crippen molar-refractivity contribution in [2.45, 2.75) is 19.3 Å². The van der Waals surface area contributed by atoms with Crippen LogP contribution in [0.15, 0.2) is 46.3 Å². The van der Waals surface area contributed by atoms with E-state index in [9.17, 15) is 9.59 Å². The van der Waals surface area contributed by atoms with Crippen molar-refractivity contribution in [3.8, 4) is 23.0 Å². The lowest BCUT2D eigenvalue weighted by atomic mass is 10.1. The first-order valence-corrected chi connectivity index (χ1v) is 9.52. The normalized spacial score (nSPS) is 10.2. The monoisotopic (exact) mass is 394 g/mol. The lowest BCUT2D eigenvalue weighted by Crippen LogP contribution is -2.25. The highest BCUT2D eigenvalue weighted by Gasteiger charge is 2.13. The SMILES string of the molecule is C#CCNC(=O)c1ccccc1NC(=O)CCCc1nc(-c2cccs2)no1. The standard InChI is InChI=1S/C20H18N4O3S/c1-2-12-21-20(26)14-7-3-4-8-15(14)22-17(25)10-5-11-18-23-19(24-27-18)16-9-6-13-28-16/h1,3-4,6-9,13H,5,10-12H2,(H,21,26)(H,22,25). The Bertz CT molecular complexity index is 989. The van der Waals surface area contributed by atoms with E-state index in [4.69, 9.17) is 10.9 Å². The molecule has 3 rings (SSSR count). The van der Waals surface area contributed by atoms with Gasteiger partial charge in [0.05, 0.1) is 22.7 Å². The van der Waals surface area contributed by atoms with Crippen LogP contribution in [0.3, 0.4) is 0 Å². The minimum Gasteiger partial charge on any atom is -0.341 e. The van der Waals surface area contributed by atoms with E-state index in [1.165, 1.54) is 11.3 Å². The number of amides is 2. The van der Waals surface area contributed by atoms with Gasteiger partial charge in [-0.15, -0.1) is 17.8 Å². The molecule has 0 saturated carbocycles. The molecule has 0 atom stereocenters. The average molecular weight is 394 g/mol. The number of aromatic nitrogens is 2. The van der Waals surface area contributed by atoms with E-state index in [0.29, 0.717) is 35.8 Å². The summed E-state index contributed by atoms with van der Waals surface area (Å²) in [6, 6.07) is 10.6. The zero-order chi connectivity index (χ0) is 19.8. The second-order valence-corrected chi connectivity index (χ2v) is 6.77. The molecule has 2 aromatic heterocycles. The molecule has 3 aromatic rings. The van der Waals surface area contributed by atoms with Crippen molar-refractivity contribution in [3.63, 3.8) is 0 Å². The number of rotatable bonds is 8. The van der Waals surface area contributed by atoms with Gasteiger partial charge in [0.2, 0.25) is 17.6 Å². The van der Waals surface area contributed by atoms with Crippen molar-refractivity contribution in [1.82, 2.24) is 15.5 Å². The van der Waals surface area contributed by atoms with Gasteiger partial charge in [-0.1, -0.05) is 29.3 Å². The van der Waals surface area contributed by atoms with Crippen LogP contribution in [0, 0.1) is 12.3 Å². The number of aryl methyl sites for hydroxylation is 1. The van der Waals surface area contributed by atoms with Crippen molar-refractivity contribution in [2.24, 2.45) is 0 Å². The maximum Gasteiger partial charge on any atom is 0.254 e. The summed E-state index contributed by atoms with van der Waals surface area (Å²) in [7, 11) is 0. The van der Waals surface area contributed by atoms with Crippen molar-refractivity contribution in [3.05, 3.63) is 53.2 Å². The molecule has 0 fully saturated rings. The number of carbonyl (C=O) groups is 2. The number of nitrogens with zero attached hydrogens (tertiary/aromatic N) is 2. The fourth-order valence-electron chi connectivity index (χ4n) is 2.49. The van der Waals surface area contributed by atoms with E-state index in [0.717, 1.165) is 4.88 Å². The highest BCUT2D eigenvalue weighted by atomic mass is 32.1. The van der Waals surface area contributed by atoms with Gasteiger partial charge in [-0.3, -0.25) is 9.59 Å². The Hall–Kier alpha value is -3.44. The Morgan fingerprint density at radius 1 is 1.21 bits per heavy atom. The first-order chi connectivity index (χ1) is 13.7. The van der Waals surface area contributed by atoms with Gasteiger partial charge in [0.1, 0.15) is 0 Å². The predicted octanol–water partition coefficient (Wildman–Crippen LogP) is 3.12. The molecule has 0 spiro atoms. The van der Waals surface area contributed by atoms with Crippen molar-refractivity contribution in [2.75, 3.05) is 11.9 Å². The molecule has 2 amide bonds. The summed E-state index contributed by atoms with van der Waals surface area (Å²) in [5.41, 5.74) is 0.809. The van der Waals surface area contributed by atoms with Gasteiger partial charge in [-0.2, -0.15) is 4.98 Å². The minimum atomic E-state index is -0.333. The Morgan fingerprint density at radius 3 is 2.86 bits per heavy atom. The van der Waals surface area contributed by atoms with Gasteiger partial charge >= 0.3 is 0 Å². The number of benzene rings is 1. The lowest BCUT2D eigenvalue weighted by Gasteiger charge is -2.10. The second kappa shape index (κ2) is 9.48. The molecule has 0 bridgehead atoms. The van der Waals surface area contributed by atoms with E-state index >= 15 is 0 Å². The second-order valence-electron chi connectivity index (χ2n) is 5.82. The number of terminal acetylenes is 1. The molecule has 0 aliphatic carbocycles. The molecule has 0 saturated heterocycles. The van der Waals surface area contributed by atoms with Crippen molar-refractivity contribution < 1.29 is 14.1 Å². The third-order valence-electron chi connectivity index (χ3n) is 3.80. The summed E-state index contributed by atoms with van der Waals surface area (Å²) in [5, 5.41) is 11.2. The van der Waals surface area contributed by atoms with Crippen LogP contribution in [-0.4, -0.2) is 28.5 Å². The lowest BCUT2D eigenvalue weighted by molar-refractivity contribution is -0.116. The highest BCUT2D eigenvalue weighted by molar-refractivity contribution is 7.13. The third kappa shape index (κ3) is 5.05. The number of hydrogen-bond donors (Lipinski definition) is 2. The molecule has 8 heteroatoms. The maximum atomic E-state index is 12.2. The van der Waals surface area contributed by atoms with E-state index in [1.807, 2.05) is 17.5 Å². The third-order valence-corrected chi connectivity index (χ3v) is 4.67. The average Bonchev–Trinajstić information content (AvgIpc) is 3.38. The summed E-state index contributed by atoms with van der Waals surface area (Å²) in [4.78, 5) is 29.6. The van der Waals surface area contributed by atoms with Crippen LogP contribution >= 0.6 is 11.3 Å². The van der Waals surface area contributed by atoms with Crippen LogP contribution in [0.1, 0.15) is 29.1 Å². The van der Waals surface area contributed by atoms with Gasteiger partial charge < -0.3 is 15.2 Å². The van der Waals surface area contributed by atoms with Crippen LogP contribution in [-0.2, 0) is 11.2 Å². The highest BCUT2D eigenvalue weighted by Crippen LogP contribution is 2.21. The van der Waals surface area contributed by atoms with Crippen LogP contribution in [0.2, 0.25) is 0 Å². The quantitative estimate of drug-likeness (QED) is 0.572. The molecule has 28 heavy (non-hydrogen) atoms. The largest absolute Gasteiger partial charge is 0.341 e. The number of carbonyl (C=O) groups excluding carboxylic acids is 2. The Morgan fingerprint density at radius 2 is 2.07 bits per heavy atom. The predicted molar refractivity (Wildman–Crippen MR) is 107 cm³/mol. The maximum absolute atomic E-state index is 12.2. The minimum absolute atomic E-state index is 0.124. The molecular formula is C20H18N4O3S. The first kappa shape index (κ1) is 19.3. The van der Waals surface area contributed by atoms with Crippen LogP contribution < -0.4 is 10.6 Å². The summed E-state index contributed by atoms with van der Waals surface area (Å²) in [6.45, 7) is 0.124. The van der Waals surface area contributed by atoms with E-state index in [1.54, 1.807) is 24.3 Å². The summed E-state index contributed by atoms with van der Waals surface area (Å²) in [6.07, 6.45) is 6.46. The number of anilines is 1. The smallest absolute Gasteiger partial charge is 0.254 e. The fourth-order valence-corrected chi connectivity index (χ4v) is 3.14. The molecule has 2 N–H and O–H groups in total. The van der Waals surface area contributed by atoms with Crippen LogP contribution in [0.4, 0.5) is 5.69 Å². The van der Waals surface area contributed by atoms with Gasteiger partial charge in [-0.05, 0) is 30.0 Å². The zero-order valence-electron chi connectivity index (χ0n) is 15.0. The van der Waals surface area contributed by atoms with E-state index in [2.05, 4.69) is 26.7 Å². The number of para-hydroxylation sites is 1. The zero-order valence-corrected chi connectivity index (χ0v) is 15.8. The molecule has 7 nitrogen and oxygen atoms in total. The van der Waals surface area contributed by atoms with Crippen molar-refractivity contribution >= 4 is 28.8 Å². The summed E-state index contributed by atoms with van der Waals surface area (Å²) >= 11 is 1.54. The van der Waals surface area contributed by atoms with Gasteiger partial charge in [-0.25, -0.2) is 0 Å². The van der Waals surface area contributed by atoms with Gasteiger partial charge in [0.25, 0.3) is 5.91 Å². The number of hydrogen-bond acceptors (Lipinski definition) is 6. The number of thiophene rings is 1. The molecule has 0 aliphatic rings.